The van der Waals surface area contributed by atoms with Crippen molar-refractivity contribution in [2.75, 3.05) is 6.61 Å². The predicted octanol–water partition coefficient (Wildman–Crippen LogP) is 6.24. The second-order valence-electron chi connectivity index (χ2n) is 8.38. The van der Waals surface area contributed by atoms with E-state index in [1.54, 1.807) is 0 Å². The van der Waals surface area contributed by atoms with Crippen LogP contribution in [0.25, 0.3) is 44.5 Å². The number of aromatic amines is 2. The normalized spacial score (nSPS) is 11.3. The highest BCUT2D eigenvalue weighted by molar-refractivity contribution is 5.89. The maximum atomic E-state index is 10.7. The number of benzene rings is 3. The number of H-pyrrole nitrogens is 2. The molecule has 0 saturated carbocycles. The molecule has 0 aliphatic carbocycles. The zero-order chi connectivity index (χ0) is 22.9. The Hall–Kier alpha value is -4.06. The molecule has 166 valence electrons. The standard InChI is InChI=1S/C27H25N3O3/c1-16-12-21(13-17(2)26(16)33-11-3-4-25(31)32)27-29-23-8-6-19(15-24(23)30-27)18-5-7-22-20(14-18)9-10-28-22/h5-10,12-15,28H,3-4,11H2,1-2H3,(H,29,30)(H,31,32). The number of ether oxygens (including phenoxy) is 1. The lowest BCUT2D eigenvalue weighted by Crippen LogP contribution is -2.04. The highest BCUT2D eigenvalue weighted by Gasteiger charge is 2.12. The first-order valence-electron chi connectivity index (χ1n) is 11.0. The number of rotatable bonds is 7. The van der Waals surface area contributed by atoms with Crippen LogP contribution in [0.3, 0.4) is 0 Å². The van der Waals surface area contributed by atoms with Gasteiger partial charge in [-0.1, -0.05) is 12.1 Å². The van der Waals surface area contributed by atoms with Crippen molar-refractivity contribution in [1.29, 1.82) is 0 Å². The quantitative estimate of drug-likeness (QED) is 0.262. The van der Waals surface area contributed by atoms with E-state index >= 15 is 0 Å². The number of nitrogens with zero attached hydrogens (tertiary/aromatic N) is 1. The maximum Gasteiger partial charge on any atom is 0.303 e. The highest BCUT2D eigenvalue weighted by atomic mass is 16.5. The third kappa shape index (κ3) is 4.20. The van der Waals surface area contributed by atoms with E-state index in [2.05, 4.69) is 58.5 Å². The van der Waals surface area contributed by atoms with Crippen LogP contribution in [0.5, 0.6) is 5.75 Å². The largest absolute Gasteiger partial charge is 0.493 e. The second-order valence-corrected chi connectivity index (χ2v) is 8.38. The zero-order valence-electron chi connectivity index (χ0n) is 18.6. The summed E-state index contributed by atoms with van der Waals surface area (Å²) in [5, 5.41) is 9.98. The minimum absolute atomic E-state index is 0.107. The lowest BCUT2D eigenvalue weighted by Gasteiger charge is -2.13. The average Bonchev–Trinajstić information content (AvgIpc) is 3.43. The summed E-state index contributed by atoms with van der Waals surface area (Å²) in [5.74, 6) is 0.815. The molecule has 5 rings (SSSR count). The third-order valence-corrected chi connectivity index (χ3v) is 5.88. The van der Waals surface area contributed by atoms with Crippen molar-refractivity contribution in [3.8, 4) is 28.3 Å². The Morgan fingerprint density at radius 3 is 2.48 bits per heavy atom. The van der Waals surface area contributed by atoms with Crippen molar-refractivity contribution in [2.45, 2.75) is 26.7 Å². The van der Waals surface area contributed by atoms with Crippen LogP contribution in [0.15, 0.2) is 60.8 Å². The van der Waals surface area contributed by atoms with Gasteiger partial charge in [0, 0.05) is 23.7 Å². The molecule has 0 amide bonds. The van der Waals surface area contributed by atoms with Gasteiger partial charge in [-0.2, -0.15) is 0 Å². The lowest BCUT2D eigenvalue weighted by atomic mass is 10.0. The lowest BCUT2D eigenvalue weighted by molar-refractivity contribution is -0.137. The number of nitrogens with one attached hydrogen (secondary N) is 2. The van der Waals surface area contributed by atoms with Crippen LogP contribution in [0.2, 0.25) is 0 Å². The third-order valence-electron chi connectivity index (χ3n) is 5.88. The second kappa shape index (κ2) is 8.47. The molecule has 6 heteroatoms. The Labute approximate surface area is 191 Å². The van der Waals surface area contributed by atoms with Crippen molar-refractivity contribution in [3.05, 3.63) is 71.9 Å². The molecule has 3 aromatic carbocycles. The topological polar surface area (TPSA) is 91.0 Å². The fourth-order valence-electron chi connectivity index (χ4n) is 4.27. The van der Waals surface area contributed by atoms with E-state index in [1.807, 2.05) is 26.1 Å². The van der Waals surface area contributed by atoms with Crippen molar-refractivity contribution in [3.63, 3.8) is 0 Å². The molecule has 0 unspecified atom stereocenters. The number of aromatic nitrogens is 3. The van der Waals surface area contributed by atoms with Crippen LogP contribution in [0.1, 0.15) is 24.0 Å². The summed E-state index contributed by atoms with van der Waals surface area (Å²) >= 11 is 0. The van der Waals surface area contributed by atoms with Crippen LogP contribution < -0.4 is 4.74 Å². The van der Waals surface area contributed by atoms with Crippen molar-refractivity contribution < 1.29 is 14.6 Å². The Bertz CT molecular complexity index is 1460. The van der Waals surface area contributed by atoms with Gasteiger partial charge >= 0.3 is 5.97 Å². The SMILES string of the molecule is Cc1cc(-c2nc3ccc(-c4ccc5[nH]ccc5c4)cc3[nH]2)cc(C)c1OCCCC(=O)O. The molecule has 5 aromatic rings. The van der Waals surface area contributed by atoms with Gasteiger partial charge in [-0.25, -0.2) is 4.98 Å². The Morgan fingerprint density at radius 1 is 0.939 bits per heavy atom. The highest BCUT2D eigenvalue weighted by Crippen LogP contribution is 2.32. The van der Waals surface area contributed by atoms with Crippen LogP contribution in [-0.4, -0.2) is 32.6 Å². The van der Waals surface area contributed by atoms with Gasteiger partial charge in [-0.15, -0.1) is 0 Å². The number of imidazole rings is 1. The molecule has 3 N–H and O–H groups in total. The minimum atomic E-state index is -0.805. The fourth-order valence-corrected chi connectivity index (χ4v) is 4.27. The smallest absolute Gasteiger partial charge is 0.303 e. The van der Waals surface area contributed by atoms with Crippen LogP contribution in [0, 0.1) is 13.8 Å². The number of carbonyl (C=O) groups is 1. The summed E-state index contributed by atoms with van der Waals surface area (Å²) in [6.45, 7) is 4.39. The first-order valence-corrected chi connectivity index (χ1v) is 11.0. The molecule has 2 aromatic heterocycles. The van der Waals surface area contributed by atoms with Crippen LogP contribution in [0.4, 0.5) is 0 Å². The summed E-state index contributed by atoms with van der Waals surface area (Å²) in [7, 11) is 0. The molecule has 0 spiro atoms. The van der Waals surface area contributed by atoms with Gasteiger partial charge in [-0.3, -0.25) is 4.79 Å². The van der Waals surface area contributed by atoms with Crippen molar-refractivity contribution >= 4 is 27.9 Å². The zero-order valence-corrected chi connectivity index (χ0v) is 18.6. The summed E-state index contributed by atoms with van der Waals surface area (Å²) in [6, 6.07) is 18.9. The van der Waals surface area contributed by atoms with Gasteiger partial charge in [0.05, 0.1) is 17.6 Å². The molecule has 0 aliphatic heterocycles. The molecule has 33 heavy (non-hydrogen) atoms. The fraction of sp³-hybridized carbons (Fsp3) is 0.185. The average molecular weight is 440 g/mol. The summed E-state index contributed by atoms with van der Waals surface area (Å²) in [5.41, 5.74) is 8.33. The summed E-state index contributed by atoms with van der Waals surface area (Å²) < 4.78 is 5.86. The van der Waals surface area contributed by atoms with E-state index in [0.717, 1.165) is 55.9 Å². The first kappa shape index (κ1) is 20.8. The Kier molecular flexibility index (Phi) is 5.34. The molecule has 0 fully saturated rings. The minimum Gasteiger partial charge on any atom is -0.493 e. The molecule has 0 bridgehead atoms. The van der Waals surface area contributed by atoms with E-state index in [4.69, 9.17) is 14.8 Å². The number of carboxylic acids is 1. The van der Waals surface area contributed by atoms with Gasteiger partial charge in [0.15, 0.2) is 0 Å². The van der Waals surface area contributed by atoms with Gasteiger partial charge < -0.3 is 19.8 Å². The van der Waals surface area contributed by atoms with E-state index in [1.165, 1.54) is 5.39 Å². The Balaban J connectivity index is 1.42. The molecule has 6 nitrogen and oxygen atoms in total. The van der Waals surface area contributed by atoms with E-state index in [9.17, 15) is 4.79 Å². The van der Waals surface area contributed by atoms with Crippen molar-refractivity contribution in [1.82, 2.24) is 15.0 Å². The van der Waals surface area contributed by atoms with Crippen molar-refractivity contribution in [2.24, 2.45) is 0 Å². The number of hydrogen-bond acceptors (Lipinski definition) is 3. The molecule has 0 radical (unpaired) electrons. The monoisotopic (exact) mass is 439 g/mol. The van der Waals surface area contributed by atoms with Crippen LogP contribution >= 0.6 is 0 Å². The summed E-state index contributed by atoms with van der Waals surface area (Å²) in [4.78, 5) is 22.2. The van der Waals surface area contributed by atoms with E-state index < -0.39 is 5.97 Å². The molecular weight excluding hydrogens is 414 g/mol. The summed E-state index contributed by atoms with van der Waals surface area (Å²) in [6.07, 6.45) is 2.55. The Morgan fingerprint density at radius 2 is 1.70 bits per heavy atom. The molecule has 0 aliphatic rings. The number of carboxylic acid groups (broad SMARTS) is 1. The molecule has 2 heterocycles. The number of hydrogen-bond donors (Lipinski definition) is 3. The molecule has 0 atom stereocenters. The van der Waals surface area contributed by atoms with Gasteiger partial charge in [0.1, 0.15) is 11.6 Å². The van der Waals surface area contributed by atoms with Gasteiger partial charge in [0.25, 0.3) is 0 Å². The number of aliphatic carboxylic acids is 1. The molecular formula is C27H25N3O3. The number of fused-ring (bicyclic) bond motifs is 2. The van der Waals surface area contributed by atoms with Gasteiger partial charge in [0.2, 0.25) is 0 Å². The van der Waals surface area contributed by atoms with Crippen LogP contribution in [-0.2, 0) is 4.79 Å². The predicted molar refractivity (Wildman–Crippen MR) is 131 cm³/mol. The first-order chi connectivity index (χ1) is 16.0. The van der Waals surface area contributed by atoms with E-state index in [0.29, 0.717) is 13.0 Å². The van der Waals surface area contributed by atoms with Gasteiger partial charge in [-0.05, 0) is 90.4 Å². The maximum absolute atomic E-state index is 10.7. The number of aryl methyl sites for hydroxylation is 2. The molecule has 0 saturated heterocycles. The van der Waals surface area contributed by atoms with E-state index in [-0.39, 0.29) is 6.42 Å².